The van der Waals surface area contributed by atoms with Crippen molar-refractivity contribution in [1.82, 2.24) is 9.55 Å². The fourth-order valence-electron chi connectivity index (χ4n) is 1.93. The van der Waals surface area contributed by atoms with Crippen LogP contribution in [0.3, 0.4) is 0 Å². The molecule has 0 aliphatic heterocycles. The van der Waals surface area contributed by atoms with E-state index in [0.29, 0.717) is 27.3 Å². The molecule has 7 heteroatoms. The van der Waals surface area contributed by atoms with Crippen LogP contribution in [0, 0.1) is 13.8 Å². The van der Waals surface area contributed by atoms with E-state index < -0.39 is 0 Å². The lowest BCUT2D eigenvalue weighted by Gasteiger charge is -2.10. The van der Waals surface area contributed by atoms with Crippen LogP contribution in [0.15, 0.2) is 29.1 Å². The molecule has 0 unspecified atom stereocenters. The maximum Gasteiger partial charge on any atom is 0.254 e. The van der Waals surface area contributed by atoms with Gasteiger partial charge in [-0.05, 0) is 32.0 Å². The van der Waals surface area contributed by atoms with Gasteiger partial charge < -0.3 is 5.32 Å². The number of aromatic nitrogens is 2. The first-order valence-corrected chi connectivity index (χ1v) is 6.92. The smallest absolute Gasteiger partial charge is 0.254 e. The summed E-state index contributed by atoms with van der Waals surface area (Å²) in [5.41, 5.74) is 0.832. The van der Waals surface area contributed by atoms with Gasteiger partial charge in [-0.25, -0.2) is 4.98 Å². The summed E-state index contributed by atoms with van der Waals surface area (Å²) in [7, 11) is 0. The molecule has 1 N–H and O–H groups in total. The van der Waals surface area contributed by atoms with Gasteiger partial charge in [-0.15, -0.1) is 0 Å². The van der Waals surface area contributed by atoms with Gasteiger partial charge in [-0.1, -0.05) is 23.2 Å². The highest BCUT2D eigenvalue weighted by molar-refractivity contribution is 6.35. The van der Waals surface area contributed by atoms with Gasteiger partial charge in [0.2, 0.25) is 5.91 Å². The number of carbonyl (C=O) groups is 1. The number of anilines is 1. The van der Waals surface area contributed by atoms with Gasteiger partial charge in [0.1, 0.15) is 12.4 Å². The predicted molar refractivity (Wildman–Crippen MR) is 83.1 cm³/mol. The third-order valence-electron chi connectivity index (χ3n) is 2.78. The molecule has 0 spiro atoms. The SMILES string of the molecule is Cc1cc(=O)n(CC(=O)Nc2cc(Cl)cc(Cl)c2)c(C)n1. The Morgan fingerprint density at radius 1 is 1.19 bits per heavy atom. The molecule has 1 aromatic carbocycles. The molecule has 0 aliphatic rings. The minimum Gasteiger partial charge on any atom is -0.324 e. The average molecular weight is 326 g/mol. The zero-order chi connectivity index (χ0) is 15.6. The van der Waals surface area contributed by atoms with Crippen LogP contribution in [0.5, 0.6) is 0 Å². The Hall–Kier alpha value is -1.85. The second kappa shape index (κ2) is 6.28. The fourth-order valence-corrected chi connectivity index (χ4v) is 2.45. The molecule has 0 atom stereocenters. The second-order valence-electron chi connectivity index (χ2n) is 4.58. The van der Waals surface area contributed by atoms with Gasteiger partial charge in [0, 0.05) is 27.5 Å². The number of nitrogens with one attached hydrogen (secondary N) is 1. The Balaban J connectivity index is 2.17. The van der Waals surface area contributed by atoms with E-state index in [2.05, 4.69) is 10.3 Å². The number of hydrogen-bond acceptors (Lipinski definition) is 3. The van der Waals surface area contributed by atoms with Crippen molar-refractivity contribution in [2.24, 2.45) is 0 Å². The Labute approximate surface area is 131 Å². The largest absolute Gasteiger partial charge is 0.324 e. The lowest BCUT2D eigenvalue weighted by atomic mass is 10.3. The van der Waals surface area contributed by atoms with E-state index in [1.165, 1.54) is 10.6 Å². The molecule has 0 saturated carbocycles. The maximum atomic E-state index is 12.0. The summed E-state index contributed by atoms with van der Waals surface area (Å²) in [4.78, 5) is 28.0. The number of carbonyl (C=O) groups excluding carboxylic acids is 1. The monoisotopic (exact) mass is 325 g/mol. The van der Waals surface area contributed by atoms with E-state index >= 15 is 0 Å². The highest BCUT2D eigenvalue weighted by Gasteiger charge is 2.09. The molecule has 0 radical (unpaired) electrons. The van der Waals surface area contributed by atoms with Crippen molar-refractivity contribution in [2.45, 2.75) is 20.4 Å². The number of hydrogen-bond donors (Lipinski definition) is 1. The molecule has 110 valence electrons. The molecule has 0 saturated heterocycles. The highest BCUT2D eigenvalue weighted by Crippen LogP contribution is 2.22. The van der Waals surface area contributed by atoms with Crippen LogP contribution in [0.2, 0.25) is 10.0 Å². The Bertz CT molecular complexity index is 736. The van der Waals surface area contributed by atoms with E-state index in [-0.39, 0.29) is 18.0 Å². The standard InChI is InChI=1S/C14H13Cl2N3O2/c1-8-3-14(21)19(9(2)17-8)7-13(20)18-12-5-10(15)4-11(16)6-12/h3-6H,7H2,1-2H3,(H,18,20). The Morgan fingerprint density at radius 2 is 1.81 bits per heavy atom. The number of amides is 1. The minimum absolute atomic E-state index is 0.123. The average Bonchev–Trinajstić information content (AvgIpc) is 2.32. The summed E-state index contributed by atoms with van der Waals surface area (Å²) in [6.45, 7) is 3.28. The lowest BCUT2D eigenvalue weighted by molar-refractivity contribution is -0.116. The van der Waals surface area contributed by atoms with Gasteiger partial charge in [-0.2, -0.15) is 0 Å². The number of aryl methyl sites for hydroxylation is 2. The van der Waals surface area contributed by atoms with Crippen molar-refractivity contribution >= 4 is 34.8 Å². The third-order valence-corrected chi connectivity index (χ3v) is 3.21. The van der Waals surface area contributed by atoms with Crippen molar-refractivity contribution in [3.05, 3.63) is 56.2 Å². The fraction of sp³-hybridized carbons (Fsp3) is 0.214. The van der Waals surface area contributed by atoms with Gasteiger partial charge >= 0.3 is 0 Å². The molecular formula is C14H13Cl2N3O2. The molecule has 0 bridgehead atoms. The van der Waals surface area contributed by atoms with Crippen LogP contribution < -0.4 is 10.9 Å². The highest BCUT2D eigenvalue weighted by atomic mass is 35.5. The van der Waals surface area contributed by atoms with E-state index in [1.807, 2.05) is 0 Å². The van der Waals surface area contributed by atoms with Crippen molar-refractivity contribution in [1.29, 1.82) is 0 Å². The van der Waals surface area contributed by atoms with Gasteiger partial charge in [0.25, 0.3) is 5.56 Å². The molecular weight excluding hydrogens is 313 g/mol. The zero-order valence-electron chi connectivity index (χ0n) is 11.5. The zero-order valence-corrected chi connectivity index (χ0v) is 13.0. The first-order valence-electron chi connectivity index (χ1n) is 6.16. The number of halogens is 2. The molecule has 0 aliphatic carbocycles. The quantitative estimate of drug-likeness (QED) is 0.943. The molecule has 21 heavy (non-hydrogen) atoms. The summed E-state index contributed by atoms with van der Waals surface area (Å²) in [6.07, 6.45) is 0. The normalized spacial score (nSPS) is 10.5. The summed E-state index contributed by atoms with van der Waals surface area (Å²) < 4.78 is 1.30. The van der Waals surface area contributed by atoms with E-state index in [4.69, 9.17) is 23.2 Å². The van der Waals surface area contributed by atoms with Crippen molar-refractivity contribution in [3.8, 4) is 0 Å². The topological polar surface area (TPSA) is 64.0 Å². The van der Waals surface area contributed by atoms with E-state index in [1.54, 1.807) is 32.0 Å². The van der Waals surface area contributed by atoms with Crippen molar-refractivity contribution in [2.75, 3.05) is 5.32 Å². The van der Waals surface area contributed by atoms with Crippen LogP contribution in [-0.4, -0.2) is 15.5 Å². The van der Waals surface area contributed by atoms with Crippen molar-refractivity contribution in [3.63, 3.8) is 0 Å². The molecule has 5 nitrogen and oxygen atoms in total. The summed E-state index contributed by atoms with van der Waals surface area (Å²) in [5, 5.41) is 3.48. The van der Waals surface area contributed by atoms with Gasteiger partial charge in [0.15, 0.2) is 0 Å². The maximum absolute atomic E-state index is 12.0. The number of rotatable bonds is 3. The summed E-state index contributed by atoms with van der Waals surface area (Å²) in [5.74, 6) is 0.128. The Morgan fingerprint density at radius 3 is 2.38 bits per heavy atom. The van der Waals surface area contributed by atoms with Crippen LogP contribution in [0.25, 0.3) is 0 Å². The minimum atomic E-state index is -0.357. The second-order valence-corrected chi connectivity index (χ2v) is 5.45. The molecule has 1 aromatic heterocycles. The predicted octanol–water partition coefficient (Wildman–Crippen LogP) is 2.81. The molecule has 1 amide bonds. The lowest BCUT2D eigenvalue weighted by Crippen LogP contribution is -2.30. The van der Waals surface area contributed by atoms with Crippen molar-refractivity contribution < 1.29 is 4.79 Å². The third kappa shape index (κ3) is 4.06. The van der Waals surface area contributed by atoms with Gasteiger partial charge in [0.05, 0.1) is 0 Å². The Kier molecular flexibility index (Phi) is 4.65. The van der Waals surface area contributed by atoms with E-state index in [0.717, 1.165) is 0 Å². The van der Waals surface area contributed by atoms with Crippen LogP contribution >= 0.6 is 23.2 Å². The molecule has 2 aromatic rings. The number of benzene rings is 1. The summed E-state index contributed by atoms with van der Waals surface area (Å²) in [6, 6.07) is 6.11. The van der Waals surface area contributed by atoms with E-state index in [9.17, 15) is 9.59 Å². The summed E-state index contributed by atoms with van der Waals surface area (Å²) >= 11 is 11.7. The first kappa shape index (κ1) is 15.5. The molecule has 2 rings (SSSR count). The van der Waals surface area contributed by atoms with Crippen LogP contribution in [-0.2, 0) is 11.3 Å². The molecule has 0 fully saturated rings. The molecule has 1 heterocycles. The first-order chi connectivity index (χ1) is 9.85. The van der Waals surface area contributed by atoms with Crippen LogP contribution in [0.1, 0.15) is 11.5 Å². The van der Waals surface area contributed by atoms with Crippen LogP contribution in [0.4, 0.5) is 5.69 Å². The van der Waals surface area contributed by atoms with Gasteiger partial charge in [-0.3, -0.25) is 14.2 Å². The number of nitrogens with zero attached hydrogens (tertiary/aromatic N) is 2.